The highest BCUT2D eigenvalue weighted by molar-refractivity contribution is 5.52. The van der Waals surface area contributed by atoms with Crippen LogP contribution in [0.5, 0.6) is 11.6 Å². The number of benzene rings is 2. The fourth-order valence-corrected chi connectivity index (χ4v) is 4.33. The first kappa shape index (κ1) is 22.7. The maximum atomic E-state index is 14.0. The van der Waals surface area contributed by atoms with Crippen molar-refractivity contribution in [1.82, 2.24) is 14.1 Å². The molecule has 2 N–H and O–H groups in total. The molecule has 0 aliphatic carbocycles. The van der Waals surface area contributed by atoms with Crippen LogP contribution in [0.3, 0.4) is 0 Å². The Kier molecular flexibility index (Phi) is 6.24. The minimum Gasteiger partial charge on any atom is -0.505 e. The van der Waals surface area contributed by atoms with Crippen LogP contribution in [0, 0.1) is 5.82 Å². The lowest BCUT2D eigenvalue weighted by Gasteiger charge is -2.28. The molecule has 1 saturated heterocycles. The second kappa shape index (κ2) is 9.63. The van der Waals surface area contributed by atoms with Crippen LogP contribution in [-0.4, -0.2) is 50.6 Å². The molecule has 35 heavy (non-hydrogen) atoms. The van der Waals surface area contributed by atoms with Crippen LogP contribution in [0.15, 0.2) is 71.8 Å². The molecule has 0 amide bonds. The van der Waals surface area contributed by atoms with E-state index in [0.29, 0.717) is 18.9 Å². The maximum absolute atomic E-state index is 14.0. The summed E-state index contributed by atoms with van der Waals surface area (Å²) < 4.78 is 22.0. The SMILES string of the molecule is O=c1n(Cc2ccncc2)c(Cc2cccc(F)c2O)c(O)n1-c1ccc(N2CCOCC2)cc1. The zero-order chi connectivity index (χ0) is 24.4. The van der Waals surface area contributed by atoms with Gasteiger partial charge in [0.25, 0.3) is 0 Å². The first-order chi connectivity index (χ1) is 17.0. The Labute approximate surface area is 201 Å². The van der Waals surface area contributed by atoms with Gasteiger partial charge in [-0.15, -0.1) is 0 Å². The number of pyridine rings is 1. The van der Waals surface area contributed by atoms with E-state index in [1.165, 1.54) is 15.2 Å². The Balaban J connectivity index is 1.57. The zero-order valence-corrected chi connectivity index (χ0v) is 19.0. The largest absolute Gasteiger partial charge is 0.505 e. The van der Waals surface area contributed by atoms with Gasteiger partial charge in [-0.2, -0.15) is 0 Å². The van der Waals surface area contributed by atoms with Crippen LogP contribution in [0.2, 0.25) is 0 Å². The van der Waals surface area contributed by atoms with Crippen molar-refractivity contribution < 1.29 is 19.3 Å². The van der Waals surface area contributed by atoms with E-state index in [9.17, 15) is 19.4 Å². The molecule has 4 aromatic rings. The second-order valence-corrected chi connectivity index (χ2v) is 8.37. The van der Waals surface area contributed by atoms with E-state index in [4.69, 9.17) is 4.74 Å². The van der Waals surface area contributed by atoms with E-state index in [0.717, 1.165) is 30.4 Å². The molecule has 1 fully saturated rings. The molecule has 8 nitrogen and oxygen atoms in total. The number of ether oxygens (including phenoxy) is 1. The van der Waals surface area contributed by atoms with E-state index >= 15 is 0 Å². The summed E-state index contributed by atoms with van der Waals surface area (Å²) in [5, 5.41) is 21.4. The van der Waals surface area contributed by atoms with Crippen LogP contribution >= 0.6 is 0 Å². The summed E-state index contributed by atoms with van der Waals surface area (Å²) in [6, 6.07) is 15.1. The Bertz CT molecular complexity index is 1380. The van der Waals surface area contributed by atoms with E-state index in [1.807, 2.05) is 12.1 Å². The van der Waals surface area contributed by atoms with Crippen molar-refractivity contribution in [1.29, 1.82) is 0 Å². The monoisotopic (exact) mass is 476 g/mol. The standard InChI is InChI=1S/C26H25FN4O4/c27-22-3-1-2-19(24(22)32)16-23-25(33)31(26(34)30(23)17-18-8-10-28-11-9-18)21-6-4-20(5-7-21)29-12-14-35-15-13-29/h1-11,32-33H,12-17H2. The zero-order valence-electron chi connectivity index (χ0n) is 19.0. The average Bonchev–Trinajstić information content (AvgIpc) is 3.12. The van der Waals surface area contributed by atoms with Crippen molar-refractivity contribution in [2.24, 2.45) is 0 Å². The first-order valence-corrected chi connectivity index (χ1v) is 11.3. The van der Waals surface area contributed by atoms with Crippen LogP contribution < -0.4 is 10.6 Å². The molecular formula is C26H25FN4O4. The molecule has 9 heteroatoms. The summed E-state index contributed by atoms with van der Waals surface area (Å²) in [5.41, 5.74) is 2.41. The van der Waals surface area contributed by atoms with Crippen LogP contribution in [0.4, 0.5) is 10.1 Å². The molecule has 0 bridgehead atoms. The molecule has 0 unspecified atom stereocenters. The smallest absolute Gasteiger partial charge is 0.336 e. The summed E-state index contributed by atoms with van der Waals surface area (Å²) in [7, 11) is 0. The Morgan fingerprint density at radius 3 is 2.34 bits per heavy atom. The Hall–Kier alpha value is -4.11. The molecule has 2 aromatic heterocycles. The maximum Gasteiger partial charge on any atom is 0.336 e. The summed E-state index contributed by atoms with van der Waals surface area (Å²) in [4.78, 5) is 19.7. The lowest BCUT2D eigenvalue weighted by Crippen LogP contribution is -2.36. The number of aromatic nitrogens is 3. The molecule has 5 rings (SSSR count). The lowest BCUT2D eigenvalue weighted by molar-refractivity contribution is 0.122. The fraction of sp³-hybridized carbons (Fsp3) is 0.231. The lowest BCUT2D eigenvalue weighted by atomic mass is 10.1. The number of halogens is 1. The Morgan fingerprint density at radius 1 is 0.943 bits per heavy atom. The first-order valence-electron chi connectivity index (χ1n) is 11.3. The van der Waals surface area contributed by atoms with Crippen molar-refractivity contribution in [3.05, 3.63) is 100 Å². The summed E-state index contributed by atoms with van der Waals surface area (Å²) in [6.07, 6.45) is 3.22. The molecule has 1 aliphatic heterocycles. The molecule has 0 radical (unpaired) electrons. The van der Waals surface area contributed by atoms with Crippen molar-refractivity contribution in [2.45, 2.75) is 13.0 Å². The van der Waals surface area contributed by atoms with E-state index in [1.54, 1.807) is 42.7 Å². The van der Waals surface area contributed by atoms with Crippen LogP contribution in [0.1, 0.15) is 16.8 Å². The third-order valence-electron chi connectivity index (χ3n) is 6.22. The number of phenolic OH excluding ortho intramolecular Hbond substituents is 1. The number of aromatic hydroxyl groups is 2. The Morgan fingerprint density at radius 2 is 1.63 bits per heavy atom. The van der Waals surface area contributed by atoms with Gasteiger partial charge in [0.1, 0.15) is 0 Å². The highest BCUT2D eigenvalue weighted by Crippen LogP contribution is 2.29. The van der Waals surface area contributed by atoms with Gasteiger partial charge in [0.15, 0.2) is 11.6 Å². The molecule has 2 aromatic carbocycles. The highest BCUT2D eigenvalue weighted by atomic mass is 19.1. The molecular weight excluding hydrogens is 451 g/mol. The third kappa shape index (κ3) is 4.50. The number of morpholine rings is 1. The van der Waals surface area contributed by atoms with Gasteiger partial charge in [-0.25, -0.2) is 13.8 Å². The van der Waals surface area contributed by atoms with Crippen molar-refractivity contribution >= 4 is 5.69 Å². The third-order valence-corrected chi connectivity index (χ3v) is 6.22. The van der Waals surface area contributed by atoms with Gasteiger partial charge in [0.2, 0.25) is 5.88 Å². The van der Waals surface area contributed by atoms with Gasteiger partial charge in [-0.3, -0.25) is 9.55 Å². The predicted octanol–water partition coefficient (Wildman–Crippen LogP) is 3.06. The topological polar surface area (TPSA) is 92.8 Å². The van der Waals surface area contributed by atoms with E-state index < -0.39 is 17.3 Å². The fourth-order valence-electron chi connectivity index (χ4n) is 4.33. The van der Waals surface area contributed by atoms with Gasteiger partial charge in [0, 0.05) is 43.2 Å². The van der Waals surface area contributed by atoms with Crippen molar-refractivity contribution in [2.75, 3.05) is 31.2 Å². The minimum atomic E-state index is -0.761. The number of anilines is 1. The molecule has 0 spiro atoms. The minimum absolute atomic E-state index is 0.0331. The number of imidazole rings is 1. The number of rotatable bonds is 6. The van der Waals surface area contributed by atoms with Crippen molar-refractivity contribution in [3.63, 3.8) is 0 Å². The van der Waals surface area contributed by atoms with Crippen LogP contribution in [-0.2, 0) is 17.7 Å². The number of hydrogen-bond acceptors (Lipinski definition) is 6. The normalized spacial score (nSPS) is 13.8. The average molecular weight is 477 g/mol. The number of nitrogens with zero attached hydrogens (tertiary/aromatic N) is 4. The summed E-state index contributed by atoms with van der Waals surface area (Å²) >= 11 is 0. The number of para-hydroxylation sites is 1. The molecule has 0 atom stereocenters. The van der Waals surface area contributed by atoms with Gasteiger partial charge in [0.05, 0.1) is 31.1 Å². The number of phenols is 1. The van der Waals surface area contributed by atoms with Gasteiger partial charge >= 0.3 is 5.69 Å². The molecule has 1 aliphatic rings. The molecule has 180 valence electrons. The predicted molar refractivity (Wildman–Crippen MR) is 129 cm³/mol. The van der Waals surface area contributed by atoms with E-state index in [-0.39, 0.29) is 30.1 Å². The van der Waals surface area contributed by atoms with E-state index in [2.05, 4.69) is 9.88 Å². The molecule has 0 saturated carbocycles. The summed E-state index contributed by atoms with van der Waals surface area (Å²) in [5.74, 6) is -1.52. The molecule has 3 heterocycles. The highest BCUT2D eigenvalue weighted by Gasteiger charge is 2.23. The van der Waals surface area contributed by atoms with Gasteiger partial charge in [-0.1, -0.05) is 12.1 Å². The van der Waals surface area contributed by atoms with Crippen molar-refractivity contribution in [3.8, 4) is 17.3 Å². The van der Waals surface area contributed by atoms with Crippen LogP contribution in [0.25, 0.3) is 5.69 Å². The second-order valence-electron chi connectivity index (χ2n) is 8.37. The van der Waals surface area contributed by atoms with Gasteiger partial charge < -0.3 is 19.8 Å². The number of hydrogen-bond donors (Lipinski definition) is 2. The quantitative estimate of drug-likeness (QED) is 0.445. The van der Waals surface area contributed by atoms with Gasteiger partial charge in [-0.05, 0) is 48.0 Å². The summed E-state index contributed by atoms with van der Waals surface area (Å²) in [6.45, 7) is 3.08.